The topological polar surface area (TPSA) is 34.2 Å². The van der Waals surface area contributed by atoms with E-state index in [1.165, 1.54) is 21.8 Å². The van der Waals surface area contributed by atoms with Crippen molar-refractivity contribution in [2.75, 3.05) is 4.90 Å². The fourth-order valence-corrected chi connectivity index (χ4v) is 6.65. The quantitative estimate of drug-likeness (QED) is 0.204. The Morgan fingerprint density at radius 3 is 1.96 bits per heavy atom. The van der Waals surface area contributed by atoms with Crippen molar-refractivity contribution in [3.8, 4) is 16.8 Å². The molecule has 45 heavy (non-hydrogen) atoms. The van der Waals surface area contributed by atoms with Gasteiger partial charge >= 0.3 is 0 Å². The lowest BCUT2D eigenvalue weighted by atomic mass is 10.0. The van der Waals surface area contributed by atoms with Crippen molar-refractivity contribution in [1.82, 2.24) is 9.55 Å². The van der Waals surface area contributed by atoms with Gasteiger partial charge in [-0.15, -0.1) is 0 Å². The molecule has 0 bridgehead atoms. The first-order valence-corrected chi connectivity index (χ1v) is 15.1. The number of aromatic nitrogens is 2. The lowest BCUT2D eigenvalue weighted by Crippen LogP contribution is -2.11. The number of furan rings is 1. The van der Waals surface area contributed by atoms with E-state index in [4.69, 9.17) is 4.42 Å². The Morgan fingerprint density at radius 1 is 0.511 bits per heavy atom. The van der Waals surface area contributed by atoms with Gasteiger partial charge in [0.05, 0.1) is 16.7 Å². The number of para-hydroxylation sites is 4. The molecule has 6 aromatic carbocycles. The van der Waals surface area contributed by atoms with E-state index in [2.05, 4.69) is 160 Å². The van der Waals surface area contributed by atoms with Gasteiger partial charge in [0.2, 0.25) is 5.71 Å². The van der Waals surface area contributed by atoms with Crippen LogP contribution in [0.3, 0.4) is 0 Å². The van der Waals surface area contributed by atoms with Gasteiger partial charge in [-0.05, 0) is 78.4 Å². The Hall–Kier alpha value is -6.13. The highest BCUT2D eigenvalue weighted by Crippen LogP contribution is 2.43. The molecule has 4 heteroatoms. The van der Waals surface area contributed by atoms with Gasteiger partial charge in [-0.1, -0.05) is 84.9 Å². The summed E-state index contributed by atoms with van der Waals surface area (Å²) in [5, 5.41) is 4.58. The molecule has 4 nitrogen and oxygen atoms in total. The number of anilines is 3. The van der Waals surface area contributed by atoms with E-state index in [1.54, 1.807) is 6.20 Å². The van der Waals surface area contributed by atoms with Gasteiger partial charge in [0, 0.05) is 50.4 Å². The third kappa shape index (κ3) is 4.11. The van der Waals surface area contributed by atoms with E-state index in [-0.39, 0.29) is 0 Å². The molecular weight excluding hydrogens is 550 g/mol. The predicted molar refractivity (Wildman–Crippen MR) is 186 cm³/mol. The monoisotopic (exact) mass is 577 g/mol. The third-order valence-corrected chi connectivity index (χ3v) is 8.67. The normalized spacial score (nSPS) is 11.6. The minimum absolute atomic E-state index is 0.652. The van der Waals surface area contributed by atoms with Gasteiger partial charge in [-0.25, -0.2) is 4.98 Å². The maximum absolute atomic E-state index is 6.06. The molecule has 3 heterocycles. The van der Waals surface area contributed by atoms with Gasteiger partial charge in [-0.3, -0.25) is 0 Å². The first-order valence-electron chi connectivity index (χ1n) is 15.1. The molecule has 0 radical (unpaired) electrons. The van der Waals surface area contributed by atoms with Crippen LogP contribution in [0.25, 0.3) is 60.7 Å². The molecule has 212 valence electrons. The zero-order valence-electron chi connectivity index (χ0n) is 24.3. The molecule has 9 rings (SSSR count). The standard InChI is InChI=1S/C41H27N3O/c1-2-11-29(12-3-1)43(31-24-25-40-36(27-31)35-16-10-26-42-41(35)45-40)37-17-7-4-13-32(37)28-20-22-30(23-21-28)44-38-18-8-5-14-33(38)34-15-6-9-19-39(34)44/h1-27H. The number of rotatable bonds is 5. The van der Waals surface area contributed by atoms with Crippen LogP contribution in [-0.2, 0) is 0 Å². The molecule has 0 amide bonds. The second-order valence-corrected chi connectivity index (χ2v) is 11.2. The summed E-state index contributed by atoms with van der Waals surface area (Å²) in [5.41, 5.74) is 10.6. The van der Waals surface area contributed by atoms with Crippen molar-refractivity contribution in [3.05, 3.63) is 164 Å². The molecular formula is C41H27N3O. The van der Waals surface area contributed by atoms with E-state index < -0.39 is 0 Å². The molecule has 0 aliphatic rings. The SMILES string of the molecule is c1ccc(N(c2ccc3oc4ncccc4c3c2)c2ccccc2-c2ccc(-n3c4ccccc4c4ccccc43)cc2)cc1. The molecule has 0 aliphatic heterocycles. The van der Waals surface area contributed by atoms with Crippen LogP contribution < -0.4 is 4.90 Å². The largest absolute Gasteiger partial charge is 0.438 e. The fraction of sp³-hybridized carbons (Fsp3) is 0. The third-order valence-electron chi connectivity index (χ3n) is 8.67. The summed E-state index contributed by atoms with van der Waals surface area (Å²) < 4.78 is 8.41. The lowest BCUT2D eigenvalue weighted by molar-refractivity contribution is 0.654. The predicted octanol–water partition coefficient (Wildman–Crippen LogP) is 11.2. The molecule has 0 unspecified atom stereocenters. The number of hydrogen-bond donors (Lipinski definition) is 0. The van der Waals surface area contributed by atoms with Crippen LogP contribution in [0.2, 0.25) is 0 Å². The summed E-state index contributed by atoms with van der Waals surface area (Å²) >= 11 is 0. The molecule has 0 saturated carbocycles. The van der Waals surface area contributed by atoms with Crippen LogP contribution in [-0.4, -0.2) is 9.55 Å². The average molecular weight is 578 g/mol. The highest BCUT2D eigenvalue weighted by Gasteiger charge is 2.19. The number of nitrogens with zero attached hydrogens (tertiary/aromatic N) is 3. The number of pyridine rings is 1. The summed E-state index contributed by atoms with van der Waals surface area (Å²) in [5.74, 6) is 0. The number of benzene rings is 6. The van der Waals surface area contributed by atoms with Crippen molar-refractivity contribution >= 4 is 60.9 Å². The van der Waals surface area contributed by atoms with Crippen molar-refractivity contribution in [1.29, 1.82) is 0 Å². The summed E-state index contributed by atoms with van der Waals surface area (Å²) in [6.07, 6.45) is 1.77. The Kier molecular flexibility index (Phi) is 5.78. The van der Waals surface area contributed by atoms with Crippen molar-refractivity contribution in [3.63, 3.8) is 0 Å². The van der Waals surface area contributed by atoms with Crippen molar-refractivity contribution < 1.29 is 4.42 Å². The fourth-order valence-electron chi connectivity index (χ4n) is 6.65. The molecule has 9 aromatic rings. The van der Waals surface area contributed by atoms with Gasteiger partial charge in [0.1, 0.15) is 5.58 Å². The molecule has 0 atom stereocenters. The minimum Gasteiger partial charge on any atom is -0.438 e. The number of fused-ring (bicyclic) bond motifs is 6. The highest BCUT2D eigenvalue weighted by molar-refractivity contribution is 6.09. The second-order valence-electron chi connectivity index (χ2n) is 11.2. The molecule has 0 aliphatic carbocycles. The Balaban J connectivity index is 1.19. The van der Waals surface area contributed by atoms with Gasteiger partial charge < -0.3 is 13.9 Å². The smallest absolute Gasteiger partial charge is 0.227 e. The van der Waals surface area contributed by atoms with Crippen LogP contribution in [0.5, 0.6) is 0 Å². The highest BCUT2D eigenvalue weighted by atomic mass is 16.3. The first-order chi connectivity index (χ1) is 22.3. The summed E-state index contributed by atoms with van der Waals surface area (Å²) in [6, 6.07) is 55.7. The molecule has 0 saturated heterocycles. The Bertz CT molecular complexity index is 2440. The summed E-state index contributed by atoms with van der Waals surface area (Å²) in [7, 11) is 0. The van der Waals surface area contributed by atoms with E-state index in [0.29, 0.717) is 5.71 Å². The molecule has 0 N–H and O–H groups in total. The Labute approximate surface area is 260 Å². The zero-order chi connectivity index (χ0) is 29.7. The maximum Gasteiger partial charge on any atom is 0.227 e. The van der Waals surface area contributed by atoms with Crippen LogP contribution in [0.15, 0.2) is 168 Å². The first kappa shape index (κ1) is 25.4. The maximum atomic E-state index is 6.06. The van der Waals surface area contributed by atoms with E-state index >= 15 is 0 Å². The van der Waals surface area contributed by atoms with Crippen LogP contribution >= 0.6 is 0 Å². The van der Waals surface area contributed by atoms with E-state index in [0.717, 1.165) is 50.2 Å². The molecule has 0 fully saturated rings. The van der Waals surface area contributed by atoms with Gasteiger partial charge in [-0.2, -0.15) is 0 Å². The second kappa shape index (κ2) is 10.2. The van der Waals surface area contributed by atoms with Gasteiger partial charge in [0.25, 0.3) is 0 Å². The Morgan fingerprint density at radius 2 is 1.18 bits per heavy atom. The zero-order valence-corrected chi connectivity index (χ0v) is 24.3. The van der Waals surface area contributed by atoms with Crippen LogP contribution in [0, 0.1) is 0 Å². The molecule has 3 aromatic heterocycles. The van der Waals surface area contributed by atoms with Crippen LogP contribution in [0.4, 0.5) is 17.1 Å². The molecule has 0 spiro atoms. The minimum atomic E-state index is 0.652. The lowest BCUT2D eigenvalue weighted by Gasteiger charge is -2.28. The summed E-state index contributed by atoms with van der Waals surface area (Å²) in [6.45, 7) is 0. The van der Waals surface area contributed by atoms with Crippen molar-refractivity contribution in [2.24, 2.45) is 0 Å². The number of hydrogen-bond acceptors (Lipinski definition) is 3. The van der Waals surface area contributed by atoms with E-state index in [1.807, 2.05) is 12.1 Å². The van der Waals surface area contributed by atoms with Crippen LogP contribution in [0.1, 0.15) is 0 Å². The van der Waals surface area contributed by atoms with Crippen molar-refractivity contribution in [2.45, 2.75) is 0 Å². The van der Waals surface area contributed by atoms with E-state index in [9.17, 15) is 0 Å². The average Bonchev–Trinajstić information content (AvgIpc) is 3.65. The summed E-state index contributed by atoms with van der Waals surface area (Å²) in [4.78, 5) is 6.76. The van der Waals surface area contributed by atoms with Gasteiger partial charge in [0.15, 0.2) is 0 Å².